The fourth-order valence-corrected chi connectivity index (χ4v) is 4.01. The average molecular weight is 396 g/mol. The molecule has 1 fully saturated rings. The first-order valence-corrected chi connectivity index (χ1v) is 10.2. The van der Waals surface area contributed by atoms with Crippen molar-refractivity contribution in [3.63, 3.8) is 0 Å². The van der Waals surface area contributed by atoms with Crippen LogP contribution < -0.4 is 4.74 Å². The van der Waals surface area contributed by atoms with Crippen LogP contribution in [0.2, 0.25) is 10.0 Å². The number of carbonyl (C=O) groups is 1. The zero-order chi connectivity index (χ0) is 17.8. The number of benzene rings is 1. The van der Waals surface area contributed by atoms with Crippen LogP contribution in [-0.4, -0.2) is 23.1 Å². The first-order chi connectivity index (χ1) is 12.1. The number of pyridine rings is 1. The van der Waals surface area contributed by atoms with Crippen molar-refractivity contribution in [3.05, 3.63) is 51.8 Å². The minimum atomic E-state index is -0.0427. The number of halogens is 2. The van der Waals surface area contributed by atoms with Gasteiger partial charge in [-0.1, -0.05) is 29.3 Å². The SMILES string of the molecule is CSc1ccc(C(=O)Cc2c(Cl)cncc2Cl)cc1OC1CCCC1. The van der Waals surface area contributed by atoms with Crippen LogP contribution in [0.25, 0.3) is 0 Å². The number of thioether (sulfide) groups is 1. The molecule has 6 heteroatoms. The highest BCUT2D eigenvalue weighted by Crippen LogP contribution is 2.33. The zero-order valence-electron chi connectivity index (χ0n) is 13.9. The smallest absolute Gasteiger partial charge is 0.167 e. The van der Waals surface area contributed by atoms with E-state index in [1.807, 2.05) is 24.5 Å². The highest BCUT2D eigenvalue weighted by molar-refractivity contribution is 7.98. The Balaban J connectivity index is 1.82. The van der Waals surface area contributed by atoms with Crippen LogP contribution in [0.4, 0.5) is 0 Å². The minimum absolute atomic E-state index is 0.0427. The van der Waals surface area contributed by atoms with Gasteiger partial charge in [-0.05, 0) is 44.1 Å². The Labute approximate surface area is 162 Å². The van der Waals surface area contributed by atoms with Gasteiger partial charge in [-0.2, -0.15) is 0 Å². The van der Waals surface area contributed by atoms with E-state index in [0.717, 1.165) is 23.5 Å². The number of aromatic nitrogens is 1. The third-order valence-electron chi connectivity index (χ3n) is 4.37. The van der Waals surface area contributed by atoms with Gasteiger partial charge in [0.05, 0.1) is 16.1 Å². The molecule has 3 rings (SSSR count). The molecule has 2 aromatic rings. The molecule has 0 radical (unpaired) electrons. The van der Waals surface area contributed by atoms with Crippen LogP contribution in [0.15, 0.2) is 35.5 Å². The monoisotopic (exact) mass is 395 g/mol. The Morgan fingerprint density at radius 1 is 1.24 bits per heavy atom. The minimum Gasteiger partial charge on any atom is -0.489 e. The topological polar surface area (TPSA) is 39.2 Å². The molecule has 1 aromatic carbocycles. The normalized spacial score (nSPS) is 14.7. The summed E-state index contributed by atoms with van der Waals surface area (Å²) in [5.74, 6) is 0.746. The van der Waals surface area contributed by atoms with Crippen LogP contribution in [0.3, 0.4) is 0 Å². The van der Waals surface area contributed by atoms with Crippen LogP contribution in [0, 0.1) is 0 Å². The quantitative estimate of drug-likeness (QED) is 0.453. The molecule has 3 nitrogen and oxygen atoms in total. The second-order valence-electron chi connectivity index (χ2n) is 6.07. The van der Waals surface area contributed by atoms with Crippen molar-refractivity contribution in [2.45, 2.75) is 43.1 Å². The van der Waals surface area contributed by atoms with Gasteiger partial charge in [0.25, 0.3) is 0 Å². The summed E-state index contributed by atoms with van der Waals surface area (Å²) in [6.07, 6.45) is 9.97. The van der Waals surface area contributed by atoms with Crippen LogP contribution in [-0.2, 0) is 6.42 Å². The van der Waals surface area contributed by atoms with E-state index in [4.69, 9.17) is 27.9 Å². The summed E-state index contributed by atoms with van der Waals surface area (Å²) in [6, 6.07) is 5.62. The first kappa shape index (κ1) is 18.6. The molecule has 0 N–H and O–H groups in total. The predicted molar refractivity (Wildman–Crippen MR) is 103 cm³/mol. The molecule has 0 amide bonds. The molecule has 0 unspecified atom stereocenters. The summed E-state index contributed by atoms with van der Waals surface area (Å²) in [5, 5.41) is 0.813. The Hall–Kier alpha value is -1.23. The third kappa shape index (κ3) is 4.49. The van der Waals surface area contributed by atoms with Gasteiger partial charge in [0.2, 0.25) is 0 Å². The standard InChI is InChI=1S/C19H19Cl2NO2S/c1-25-19-7-6-12(8-18(19)24-13-4-2-3-5-13)17(23)9-14-15(20)10-22-11-16(14)21/h6-8,10-11,13H,2-5,9H2,1H3. The summed E-state index contributed by atoms with van der Waals surface area (Å²) in [5.41, 5.74) is 1.21. The second-order valence-corrected chi connectivity index (χ2v) is 7.73. The Kier molecular flexibility index (Phi) is 6.26. The summed E-state index contributed by atoms with van der Waals surface area (Å²) in [6.45, 7) is 0. The number of rotatable bonds is 6. The molecule has 25 heavy (non-hydrogen) atoms. The van der Waals surface area contributed by atoms with Crippen molar-refractivity contribution in [1.29, 1.82) is 0 Å². The van der Waals surface area contributed by atoms with Crippen LogP contribution in [0.5, 0.6) is 5.75 Å². The molecule has 0 bridgehead atoms. The molecule has 1 aliphatic rings. The number of Topliss-reactive ketones (excluding diaryl/α,β-unsaturated/α-hetero) is 1. The summed E-state index contributed by atoms with van der Waals surface area (Å²) in [4.78, 5) is 17.7. The van der Waals surface area contributed by atoms with Crippen molar-refractivity contribution in [2.75, 3.05) is 6.26 Å². The maximum atomic E-state index is 12.7. The zero-order valence-corrected chi connectivity index (χ0v) is 16.3. The Morgan fingerprint density at radius 2 is 1.92 bits per heavy atom. The number of carbonyl (C=O) groups excluding carboxylic acids is 1. The fourth-order valence-electron chi connectivity index (χ4n) is 3.00. The van der Waals surface area contributed by atoms with Crippen molar-refractivity contribution >= 4 is 40.7 Å². The van der Waals surface area contributed by atoms with E-state index in [9.17, 15) is 4.79 Å². The van der Waals surface area contributed by atoms with E-state index in [0.29, 0.717) is 21.2 Å². The van der Waals surface area contributed by atoms with Crippen LogP contribution in [0.1, 0.15) is 41.6 Å². The van der Waals surface area contributed by atoms with Gasteiger partial charge in [-0.15, -0.1) is 11.8 Å². The van der Waals surface area contributed by atoms with E-state index in [1.165, 1.54) is 25.2 Å². The van der Waals surface area contributed by atoms with E-state index in [-0.39, 0.29) is 18.3 Å². The number of hydrogen-bond donors (Lipinski definition) is 0. The van der Waals surface area contributed by atoms with E-state index >= 15 is 0 Å². The molecule has 1 aromatic heterocycles. The van der Waals surface area contributed by atoms with Crippen molar-refractivity contribution in [3.8, 4) is 5.75 Å². The molecule has 0 saturated heterocycles. The highest BCUT2D eigenvalue weighted by atomic mass is 35.5. The van der Waals surface area contributed by atoms with E-state index in [1.54, 1.807) is 11.8 Å². The van der Waals surface area contributed by atoms with Gasteiger partial charge in [-0.3, -0.25) is 9.78 Å². The lowest BCUT2D eigenvalue weighted by atomic mass is 10.0. The maximum Gasteiger partial charge on any atom is 0.167 e. The average Bonchev–Trinajstić information content (AvgIpc) is 3.11. The highest BCUT2D eigenvalue weighted by Gasteiger charge is 2.20. The second kappa shape index (κ2) is 8.43. The molecule has 132 valence electrons. The molecule has 0 aliphatic heterocycles. The lowest BCUT2D eigenvalue weighted by Crippen LogP contribution is -2.12. The predicted octanol–water partition coefficient (Wildman–Crippen LogP) is 5.86. The van der Waals surface area contributed by atoms with Gasteiger partial charge < -0.3 is 4.74 Å². The van der Waals surface area contributed by atoms with Gasteiger partial charge in [0.1, 0.15) is 5.75 Å². The van der Waals surface area contributed by atoms with Gasteiger partial charge >= 0.3 is 0 Å². The Morgan fingerprint density at radius 3 is 2.56 bits per heavy atom. The maximum absolute atomic E-state index is 12.7. The van der Waals surface area contributed by atoms with Gasteiger partial charge in [0, 0.05) is 34.8 Å². The van der Waals surface area contributed by atoms with Crippen LogP contribution >= 0.6 is 35.0 Å². The lowest BCUT2D eigenvalue weighted by molar-refractivity contribution is 0.0992. The number of hydrogen-bond acceptors (Lipinski definition) is 4. The molecular weight excluding hydrogens is 377 g/mol. The fraction of sp³-hybridized carbons (Fsp3) is 0.368. The first-order valence-electron chi connectivity index (χ1n) is 8.24. The van der Waals surface area contributed by atoms with Crippen molar-refractivity contribution in [1.82, 2.24) is 4.98 Å². The summed E-state index contributed by atoms with van der Waals surface area (Å²) in [7, 11) is 0. The molecule has 0 atom stereocenters. The molecule has 1 aliphatic carbocycles. The van der Waals surface area contributed by atoms with E-state index in [2.05, 4.69) is 4.98 Å². The summed E-state index contributed by atoms with van der Waals surface area (Å²) < 4.78 is 6.15. The summed E-state index contributed by atoms with van der Waals surface area (Å²) >= 11 is 13.9. The third-order valence-corrected chi connectivity index (χ3v) is 5.80. The van der Waals surface area contributed by atoms with Gasteiger partial charge in [0.15, 0.2) is 5.78 Å². The molecule has 1 heterocycles. The Bertz CT molecular complexity index is 756. The molecular formula is C19H19Cl2NO2S. The number of ether oxygens (including phenoxy) is 1. The largest absolute Gasteiger partial charge is 0.489 e. The number of ketones is 1. The van der Waals surface area contributed by atoms with E-state index < -0.39 is 0 Å². The lowest BCUT2D eigenvalue weighted by Gasteiger charge is -2.16. The molecule has 0 spiro atoms. The molecule has 1 saturated carbocycles. The van der Waals surface area contributed by atoms with Gasteiger partial charge in [-0.25, -0.2) is 0 Å². The van der Waals surface area contributed by atoms with Crippen molar-refractivity contribution in [2.24, 2.45) is 0 Å². The number of nitrogens with zero attached hydrogens (tertiary/aromatic N) is 1. The van der Waals surface area contributed by atoms with Crippen molar-refractivity contribution < 1.29 is 9.53 Å².